The van der Waals surface area contributed by atoms with Gasteiger partial charge in [0, 0.05) is 90.2 Å². The van der Waals surface area contributed by atoms with Crippen molar-refractivity contribution in [3.05, 3.63) is 108 Å². The lowest BCUT2D eigenvalue weighted by Gasteiger charge is -2.27. The van der Waals surface area contributed by atoms with Gasteiger partial charge in [-0.1, -0.05) is 87.2 Å². The number of nitrogens with two attached hydrogens (primary N) is 6. The predicted molar refractivity (Wildman–Crippen MR) is 323 cm³/mol. The number of nitrogens with zero attached hydrogens (tertiary/aromatic N) is 2. The Kier molecular flexibility index (Phi) is 24.8. The summed E-state index contributed by atoms with van der Waals surface area (Å²) in [6.07, 6.45) is 12.4. The normalized spacial score (nSPS) is 13.4. The fourth-order valence-corrected chi connectivity index (χ4v) is 9.97. The number of para-hydroxylation sites is 3. The van der Waals surface area contributed by atoms with Crippen molar-refractivity contribution in [3.63, 3.8) is 0 Å². The molecule has 0 aliphatic rings. The summed E-state index contributed by atoms with van der Waals surface area (Å²) in [5.74, 6) is -4.79. The second-order valence-corrected chi connectivity index (χ2v) is 20.9. The van der Waals surface area contributed by atoms with Gasteiger partial charge in [-0.25, -0.2) is 0 Å². The molecule has 0 saturated carbocycles. The van der Waals surface area contributed by atoms with E-state index in [0.29, 0.717) is 36.9 Å². The monoisotopic (exact) mass is 1140 g/mol. The molecule has 6 atom stereocenters. The molecule has 7 amide bonds. The van der Waals surface area contributed by atoms with Crippen LogP contribution in [0.1, 0.15) is 107 Å². The average Bonchev–Trinajstić information content (AvgIpc) is 4.39. The Bertz CT molecular complexity index is 3170. The van der Waals surface area contributed by atoms with Crippen molar-refractivity contribution >= 4 is 86.0 Å². The van der Waals surface area contributed by atoms with E-state index >= 15 is 0 Å². The van der Waals surface area contributed by atoms with Crippen molar-refractivity contribution in [2.75, 3.05) is 19.6 Å². The van der Waals surface area contributed by atoms with Gasteiger partial charge in [0.25, 0.3) is 0 Å². The summed E-state index contributed by atoms with van der Waals surface area (Å²) in [5, 5.41) is 19.5. The first-order valence-corrected chi connectivity index (χ1v) is 28.6. The van der Waals surface area contributed by atoms with Crippen LogP contribution in [0.4, 0.5) is 0 Å². The van der Waals surface area contributed by atoms with Crippen LogP contribution >= 0.6 is 0 Å². The van der Waals surface area contributed by atoms with Crippen molar-refractivity contribution in [1.82, 2.24) is 46.9 Å². The van der Waals surface area contributed by atoms with Crippen LogP contribution in [0.15, 0.2) is 101 Å². The van der Waals surface area contributed by atoms with Crippen LogP contribution in [0.25, 0.3) is 32.7 Å². The fourth-order valence-electron chi connectivity index (χ4n) is 9.97. The van der Waals surface area contributed by atoms with E-state index < -0.39 is 71.7 Å². The van der Waals surface area contributed by atoms with Crippen LogP contribution < -0.4 is 66.3 Å². The molecule has 24 heteroatoms. The summed E-state index contributed by atoms with van der Waals surface area (Å²) in [4.78, 5) is 116. The first-order valence-electron chi connectivity index (χ1n) is 28.6. The molecule has 6 aromatic rings. The fraction of sp³-hybridized carbons (Fsp3) is 0.441. The zero-order valence-corrected chi connectivity index (χ0v) is 47.3. The SMILES string of the molecule is CCCCCCCC(=O)NCCCC[C@H](NC(=O)[C@@H](Cc1c[nH]c2ccccc12)NC(=O)[C@@H](CCCN=C(N)N)NC(=O)[C@@H](Cc1c[nH]c2ccccc12)NC(=O)[C@H](CCCN=C(N)N)NC(=O)[C@H](N)Cc1c[nH]c2ccccc12)C(N)=O. The lowest BCUT2D eigenvalue weighted by atomic mass is 10.0. The molecule has 6 rings (SSSR count). The zero-order valence-electron chi connectivity index (χ0n) is 47.3. The van der Waals surface area contributed by atoms with Crippen molar-refractivity contribution in [2.24, 2.45) is 44.4 Å². The number of aliphatic imine (C=N–C) groups is 2. The quantitative estimate of drug-likeness (QED) is 0.0153. The van der Waals surface area contributed by atoms with Crippen molar-refractivity contribution in [2.45, 2.75) is 146 Å². The Labute approximate surface area is 482 Å². The summed E-state index contributed by atoms with van der Waals surface area (Å²) in [6, 6.07) is 14.9. The highest BCUT2D eigenvalue weighted by molar-refractivity contribution is 5.98. The summed E-state index contributed by atoms with van der Waals surface area (Å²) >= 11 is 0. The van der Waals surface area contributed by atoms with Gasteiger partial charge >= 0.3 is 0 Å². The third-order valence-electron chi connectivity index (χ3n) is 14.5. The molecule has 83 heavy (non-hydrogen) atoms. The van der Waals surface area contributed by atoms with E-state index in [1.54, 1.807) is 18.6 Å². The van der Waals surface area contributed by atoms with Gasteiger partial charge in [-0.05, 0) is 92.7 Å². The van der Waals surface area contributed by atoms with E-state index in [9.17, 15) is 33.6 Å². The first-order chi connectivity index (χ1) is 40.0. The molecule has 0 aliphatic carbocycles. The lowest BCUT2D eigenvalue weighted by molar-refractivity contribution is -0.135. The highest BCUT2D eigenvalue weighted by Crippen LogP contribution is 2.23. The maximum Gasteiger partial charge on any atom is 0.243 e. The molecule has 0 radical (unpaired) electrons. The van der Waals surface area contributed by atoms with Gasteiger partial charge < -0.3 is 81.3 Å². The number of benzene rings is 3. The van der Waals surface area contributed by atoms with E-state index in [4.69, 9.17) is 34.4 Å². The molecule has 21 N–H and O–H groups in total. The van der Waals surface area contributed by atoms with Gasteiger partial charge in [-0.2, -0.15) is 0 Å². The number of carbonyl (C=O) groups excluding carboxylic acids is 7. The molecular formula is C59H83N17O7. The van der Waals surface area contributed by atoms with E-state index in [1.807, 2.05) is 72.8 Å². The standard InChI is InChI=1S/C59H83N17O7/c1-2-3-4-5-6-26-51(77)66-27-14-13-23-46(52(61)78)72-56(82)49(31-37-34-70-44-21-11-8-18-40(37)44)75-55(81)48(25-16-29-68-59(64)65)74-57(83)50(32-38-35-71-45-22-12-9-19-41(38)45)76-54(80)47(24-15-28-67-58(62)63)73-53(79)42(60)30-36-33-69-43-20-10-7-17-39(36)43/h7-12,17-22,33-35,42,46-50,69-71H,2-6,13-16,23-32,60H2,1H3,(H2,61,78)(H,66,77)(H,72,82)(H,73,79)(H,74,83)(H,75,81)(H,76,80)(H4,62,63,67)(H4,64,65,68)/t42-,46+,47+,48-,49-,50-/m1/s1. The molecule has 3 aromatic heterocycles. The number of nitrogens with one attached hydrogen (secondary N) is 9. The summed E-state index contributed by atoms with van der Waals surface area (Å²) in [6.45, 7) is 2.72. The minimum atomic E-state index is -1.36. The average molecular weight is 1140 g/mol. The summed E-state index contributed by atoms with van der Waals surface area (Å²) < 4.78 is 0. The van der Waals surface area contributed by atoms with Crippen LogP contribution in [0.5, 0.6) is 0 Å². The third kappa shape index (κ3) is 19.9. The Morgan fingerprint density at radius 3 is 1.31 bits per heavy atom. The van der Waals surface area contributed by atoms with Crippen LogP contribution in [0.3, 0.4) is 0 Å². The molecule has 24 nitrogen and oxygen atoms in total. The Morgan fingerprint density at radius 1 is 0.458 bits per heavy atom. The smallest absolute Gasteiger partial charge is 0.243 e. The molecule has 446 valence electrons. The molecule has 0 spiro atoms. The Morgan fingerprint density at radius 2 is 0.855 bits per heavy atom. The van der Waals surface area contributed by atoms with Gasteiger partial charge in [0.15, 0.2) is 11.9 Å². The molecule has 0 unspecified atom stereocenters. The zero-order chi connectivity index (χ0) is 59.7. The van der Waals surface area contributed by atoms with Gasteiger partial charge in [0.2, 0.25) is 41.4 Å². The van der Waals surface area contributed by atoms with Crippen molar-refractivity contribution in [1.29, 1.82) is 0 Å². The molecule has 0 saturated heterocycles. The topological polar surface area (TPSA) is 420 Å². The number of rotatable bonds is 36. The molecule has 3 aromatic carbocycles. The second-order valence-electron chi connectivity index (χ2n) is 20.9. The van der Waals surface area contributed by atoms with Crippen LogP contribution in [0, 0.1) is 0 Å². The largest absolute Gasteiger partial charge is 0.370 e. The highest BCUT2D eigenvalue weighted by Gasteiger charge is 2.34. The number of carbonyl (C=O) groups is 7. The lowest BCUT2D eigenvalue weighted by Crippen LogP contribution is -2.60. The van der Waals surface area contributed by atoms with E-state index in [2.05, 4.69) is 63.8 Å². The number of amides is 7. The van der Waals surface area contributed by atoms with Crippen LogP contribution in [-0.2, 0) is 52.8 Å². The number of primary amides is 1. The number of H-pyrrole nitrogens is 3. The van der Waals surface area contributed by atoms with Crippen LogP contribution in [0.2, 0.25) is 0 Å². The van der Waals surface area contributed by atoms with Gasteiger partial charge in [0.1, 0.15) is 30.2 Å². The highest BCUT2D eigenvalue weighted by atomic mass is 16.2. The maximum atomic E-state index is 15.0. The summed E-state index contributed by atoms with van der Waals surface area (Å²) in [5.41, 5.74) is 39.4. The second kappa shape index (κ2) is 32.5. The molecule has 0 aliphatic heterocycles. The Hall–Kier alpha value is -8.93. The van der Waals surface area contributed by atoms with Gasteiger partial charge in [-0.15, -0.1) is 0 Å². The number of aromatic amines is 3. The van der Waals surface area contributed by atoms with Crippen molar-refractivity contribution < 1.29 is 33.6 Å². The van der Waals surface area contributed by atoms with Gasteiger partial charge in [-0.3, -0.25) is 43.5 Å². The molecule has 0 bridgehead atoms. The number of aromatic nitrogens is 3. The van der Waals surface area contributed by atoms with E-state index in [0.717, 1.165) is 70.4 Å². The minimum absolute atomic E-state index is 0.0410. The number of hydrogen-bond donors (Lipinski definition) is 15. The number of hydrogen-bond acceptors (Lipinski definition) is 10. The van der Waals surface area contributed by atoms with Crippen molar-refractivity contribution in [3.8, 4) is 0 Å². The van der Waals surface area contributed by atoms with Gasteiger partial charge in [0.05, 0.1) is 6.04 Å². The van der Waals surface area contributed by atoms with E-state index in [-0.39, 0.29) is 82.3 Å². The molecular weight excluding hydrogens is 1060 g/mol. The first kappa shape index (κ1) is 63.3. The molecule has 0 fully saturated rings. The summed E-state index contributed by atoms with van der Waals surface area (Å²) in [7, 11) is 0. The van der Waals surface area contributed by atoms with Crippen LogP contribution in [-0.4, -0.2) is 124 Å². The maximum absolute atomic E-state index is 15.0. The van der Waals surface area contributed by atoms with E-state index in [1.165, 1.54) is 0 Å². The minimum Gasteiger partial charge on any atom is -0.370 e. The number of guanidine groups is 2. The Balaban J connectivity index is 1.23. The predicted octanol–water partition coefficient (Wildman–Crippen LogP) is 2.15. The number of unbranched alkanes of at least 4 members (excludes halogenated alkanes) is 5. The molecule has 3 heterocycles. The third-order valence-corrected chi connectivity index (χ3v) is 14.5. The number of fused-ring (bicyclic) bond motifs is 3.